The molecule has 3 heterocycles. The van der Waals surface area contributed by atoms with Crippen molar-refractivity contribution in [1.82, 2.24) is 19.5 Å². The van der Waals surface area contributed by atoms with Crippen molar-refractivity contribution in [2.45, 2.75) is 26.3 Å². The summed E-state index contributed by atoms with van der Waals surface area (Å²) in [5, 5.41) is 4.62. The van der Waals surface area contributed by atoms with Crippen molar-refractivity contribution < 1.29 is 0 Å². The number of hydrogen-bond acceptors (Lipinski definition) is 4. The van der Waals surface area contributed by atoms with Crippen molar-refractivity contribution in [1.29, 1.82) is 0 Å². The minimum atomic E-state index is 0.608. The second-order valence-corrected chi connectivity index (χ2v) is 5.97. The predicted octanol–water partition coefficient (Wildman–Crippen LogP) is 2.81. The Balaban J connectivity index is 1.52. The van der Waals surface area contributed by atoms with Gasteiger partial charge in [0.25, 0.3) is 0 Å². The summed E-state index contributed by atoms with van der Waals surface area (Å²) in [5.74, 6) is 2.75. The minimum absolute atomic E-state index is 0.608. The molecule has 1 atom stereocenters. The highest BCUT2D eigenvalue weighted by Gasteiger charge is 2.18. The number of para-hydroxylation sites is 1. The van der Waals surface area contributed by atoms with Crippen LogP contribution in [0.15, 0.2) is 36.9 Å². The van der Waals surface area contributed by atoms with Crippen LogP contribution >= 0.6 is 0 Å². The largest absolute Gasteiger partial charge is 0.369 e. The molecule has 0 radical (unpaired) electrons. The van der Waals surface area contributed by atoms with Gasteiger partial charge in [-0.1, -0.05) is 12.1 Å². The van der Waals surface area contributed by atoms with Crippen LogP contribution in [0.3, 0.4) is 0 Å². The van der Waals surface area contributed by atoms with Crippen LogP contribution in [0.2, 0.25) is 0 Å². The molecule has 1 N–H and O–H groups in total. The Labute approximate surface area is 129 Å². The van der Waals surface area contributed by atoms with Crippen molar-refractivity contribution in [3.05, 3.63) is 48.3 Å². The number of nitrogens with one attached hydrogen (secondary N) is 1. The zero-order chi connectivity index (χ0) is 14.9. The maximum Gasteiger partial charge on any atom is 0.137 e. The van der Waals surface area contributed by atoms with Gasteiger partial charge in [0.1, 0.15) is 18.0 Å². The molecule has 3 aromatic rings. The van der Waals surface area contributed by atoms with Crippen molar-refractivity contribution in [3.63, 3.8) is 0 Å². The number of fused-ring (bicyclic) bond motifs is 2. The van der Waals surface area contributed by atoms with Gasteiger partial charge in [-0.05, 0) is 30.9 Å². The van der Waals surface area contributed by atoms with Gasteiger partial charge in [0, 0.05) is 37.3 Å². The zero-order valence-corrected chi connectivity index (χ0v) is 12.7. The SMILES string of the molecule is Cc1cccc2c(NC[C@@H]3CCc4nccn4C3)ncnc12. The van der Waals surface area contributed by atoms with Crippen molar-refractivity contribution in [3.8, 4) is 0 Å². The van der Waals surface area contributed by atoms with Gasteiger partial charge in [-0.25, -0.2) is 15.0 Å². The predicted molar refractivity (Wildman–Crippen MR) is 86.8 cm³/mol. The Morgan fingerprint density at radius 2 is 2.23 bits per heavy atom. The van der Waals surface area contributed by atoms with Crippen molar-refractivity contribution in [2.75, 3.05) is 11.9 Å². The van der Waals surface area contributed by atoms with E-state index in [-0.39, 0.29) is 0 Å². The fraction of sp³-hybridized carbons (Fsp3) is 0.353. The molecule has 2 aromatic heterocycles. The lowest BCUT2D eigenvalue weighted by Crippen LogP contribution is -2.26. The van der Waals surface area contributed by atoms with E-state index in [1.54, 1.807) is 6.33 Å². The molecule has 5 nitrogen and oxygen atoms in total. The van der Waals surface area contributed by atoms with E-state index >= 15 is 0 Å². The standard InChI is InChI=1S/C17H19N5/c1-12-3-2-4-14-16(12)20-11-21-17(14)19-9-13-5-6-15-18-7-8-22(15)10-13/h2-4,7-8,11,13H,5-6,9-10H2,1H3,(H,19,20,21)/t13-/m0/s1. The first-order valence-electron chi connectivity index (χ1n) is 7.75. The van der Waals surface area contributed by atoms with Gasteiger partial charge in [0.2, 0.25) is 0 Å². The number of rotatable bonds is 3. The van der Waals surface area contributed by atoms with Crippen LogP contribution in [0.1, 0.15) is 17.8 Å². The number of benzene rings is 1. The molecule has 22 heavy (non-hydrogen) atoms. The first-order chi connectivity index (χ1) is 10.8. The summed E-state index contributed by atoms with van der Waals surface area (Å²) in [5.41, 5.74) is 2.21. The van der Waals surface area contributed by atoms with Gasteiger partial charge in [-0.15, -0.1) is 0 Å². The topological polar surface area (TPSA) is 55.6 Å². The highest BCUT2D eigenvalue weighted by atomic mass is 15.1. The molecule has 0 bridgehead atoms. The Kier molecular flexibility index (Phi) is 3.25. The van der Waals surface area contributed by atoms with Gasteiger partial charge in [0.05, 0.1) is 5.52 Å². The second kappa shape index (κ2) is 5.40. The number of aryl methyl sites for hydroxylation is 2. The van der Waals surface area contributed by atoms with E-state index in [1.165, 1.54) is 17.8 Å². The van der Waals surface area contributed by atoms with E-state index in [1.807, 2.05) is 6.20 Å². The van der Waals surface area contributed by atoms with Gasteiger partial charge in [0.15, 0.2) is 0 Å². The Bertz CT molecular complexity index is 808. The molecule has 1 aromatic carbocycles. The highest BCUT2D eigenvalue weighted by Crippen LogP contribution is 2.23. The number of hydrogen-bond donors (Lipinski definition) is 1. The van der Waals surface area contributed by atoms with E-state index in [4.69, 9.17) is 0 Å². The number of anilines is 1. The average Bonchev–Trinajstić information content (AvgIpc) is 3.01. The van der Waals surface area contributed by atoms with Crippen LogP contribution in [0.4, 0.5) is 5.82 Å². The Hall–Kier alpha value is -2.43. The third-order valence-electron chi connectivity index (χ3n) is 4.46. The smallest absolute Gasteiger partial charge is 0.137 e. The molecule has 0 saturated heterocycles. The molecular weight excluding hydrogens is 274 g/mol. The Morgan fingerprint density at radius 1 is 1.27 bits per heavy atom. The van der Waals surface area contributed by atoms with Gasteiger partial charge >= 0.3 is 0 Å². The Morgan fingerprint density at radius 3 is 3.18 bits per heavy atom. The molecule has 0 amide bonds. The lowest BCUT2D eigenvalue weighted by Gasteiger charge is -2.24. The van der Waals surface area contributed by atoms with E-state index in [0.717, 1.165) is 36.2 Å². The lowest BCUT2D eigenvalue weighted by molar-refractivity contribution is 0.381. The quantitative estimate of drug-likeness (QED) is 0.807. The highest BCUT2D eigenvalue weighted by molar-refractivity contribution is 5.90. The minimum Gasteiger partial charge on any atom is -0.369 e. The summed E-state index contributed by atoms with van der Waals surface area (Å²) in [7, 11) is 0. The van der Waals surface area contributed by atoms with Gasteiger partial charge in [-0.2, -0.15) is 0 Å². The maximum atomic E-state index is 4.43. The summed E-state index contributed by atoms with van der Waals surface area (Å²) in [6.07, 6.45) is 7.85. The van der Waals surface area contributed by atoms with Crippen LogP contribution in [-0.2, 0) is 13.0 Å². The molecule has 0 aliphatic carbocycles. The van der Waals surface area contributed by atoms with E-state index in [0.29, 0.717) is 5.92 Å². The molecule has 0 saturated carbocycles. The number of aromatic nitrogens is 4. The molecule has 1 aliphatic heterocycles. The summed E-state index contributed by atoms with van der Waals surface area (Å²) in [4.78, 5) is 13.2. The molecule has 5 heteroatoms. The first-order valence-corrected chi connectivity index (χ1v) is 7.75. The van der Waals surface area contributed by atoms with Crippen molar-refractivity contribution >= 4 is 16.7 Å². The fourth-order valence-corrected chi connectivity index (χ4v) is 3.22. The van der Waals surface area contributed by atoms with Crippen molar-refractivity contribution in [2.24, 2.45) is 5.92 Å². The number of nitrogens with zero attached hydrogens (tertiary/aromatic N) is 4. The summed E-state index contributed by atoms with van der Waals surface area (Å²) < 4.78 is 2.26. The maximum absolute atomic E-state index is 4.43. The molecular formula is C17H19N5. The van der Waals surface area contributed by atoms with E-state index in [2.05, 4.69) is 56.2 Å². The third kappa shape index (κ3) is 2.32. The summed E-state index contributed by atoms with van der Waals surface area (Å²) in [6.45, 7) is 4.04. The van der Waals surface area contributed by atoms with E-state index in [9.17, 15) is 0 Å². The van der Waals surface area contributed by atoms with Crippen LogP contribution in [0.5, 0.6) is 0 Å². The molecule has 112 valence electrons. The molecule has 0 fully saturated rings. The second-order valence-electron chi connectivity index (χ2n) is 5.97. The fourth-order valence-electron chi connectivity index (χ4n) is 3.22. The summed E-state index contributed by atoms with van der Waals surface area (Å²) >= 11 is 0. The van der Waals surface area contributed by atoms with Crippen LogP contribution in [-0.4, -0.2) is 26.1 Å². The van der Waals surface area contributed by atoms with Gasteiger partial charge in [-0.3, -0.25) is 0 Å². The van der Waals surface area contributed by atoms with Crippen LogP contribution < -0.4 is 5.32 Å². The lowest BCUT2D eigenvalue weighted by atomic mass is 9.99. The van der Waals surface area contributed by atoms with Crippen LogP contribution in [0, 0.1) is 12.8 Å². The normalized spacial score (nSPS) is 17.4. The molecule has 0 unspecified atom stereocenters. The van der Waals surface area contributed by atoms with Gasteiger partial charge < -0.3 is 9.88 Å². The molecule has 4 rings (SSSR count). The number of imidazole rings is 1. The third-order valence-corrected chi connectivity index (χ3v) is 4.46. The first kappa shape index (κ1) is 13.2. The molecule has 1 aliphatic rings. The average molecular weight is 293 g/mol. The van der Waals surface area contributed by atoms with E-state index < -0.39 is 0 Å². The van der Waals surface area contributed by atoms with Crippen LogP contribution in [0.25, 0.3) is 10.9 Å². The summed E-state index contributed by atoms with van der Waals surface area (Å²) in [6, 6.07) is 6.23. The monoisotopic (exact) mass is 293 g/mol. The molecule has 0 spiro atoms. The zero-order valence-electron chi connectivity index (χ0n) is 12.7.